The van der Waals surface area contributed by atoms with Crippen molar-refractivity contribution in [2.45, 2.75) is 71.9 Å². The predicted octanol–water partition coefficient (Wildman–Crippen LogP) is 4.88. The number of nitrogens with one attached hydrogen (secondary N) is 1. The van der Waals surface area contributed by atoms with Gasteiger partial charge in [0.15, 0.2) is 5.82 Å². The maximum absolute atomic E-state index is 11.8. The second-order valence-corrected chi connectivity index (χ2v) is 9.16. The lowest BCUT2D eigenvalue weighted by Crippen LogP contribution is -2.33. The van der Waals surface area contributed by atoms with E-state index in [1.54, 1.807) is 11.3 Å². The van der Waals surface area contributed by atoms with Crippen LogP contribution in [0, 0.1) is 0 Å². The van der Waals surface area contributed by atoms with Crippen molar-refractivity contribution in [3.8, 4) is 0 Å². The van der Waals surface area contributed by atoms with Crippen molar-refractivity contribution < 1.29 is 9.53 Å². The molecule has 0 spiro atoms. The lowest BCUT2D eigenvalue weighted by Gasteiger charge is -2.19. The molecule has 3 aromatic heterocycles. The van der Waals surface area contributed by atoms with Crippen molar-refractivity contribution in [3.05, 3.63) is 17.3 Å². The molecule has 0 aliphatic heterocycles. The Labute approximate surface area is 175 Å². The zero-order chi connectivity index (χ0) is 21.0. The van der Waals surface area contributed by atoms with Gasteiger partial charge < -0.3 is 20.4 Å². The number of pyridine rings is 1. The molecular weight excluding hydrogens is 386 g/mol. The average molecular weight is 418 g/mol. The van der Waals surface area contributed by atoms with Crippen LogP contribution in [0.15, 0.2) is 11.4 Å². The van der Waals surface area contributed by atoms with Crippen LogP contribution in [-0.2, 0) is 17.7 Å². The van der Waals surface area contributed by atoms with Crippen molar-refractivity contribution in [2.75, 3.05) is 12.3 Å². The fraction of sp³-hybridized carbons (Fsp3) is 0.571. The van der Waals surface area contributed by atoms with E-state index in [9.17, 15) is 4.79 Å². The van der Waals surface area contributed by atoms with Crippen LogP contribution in [0.5, 0.6) is 0 Å². The highest BCUT2D eigenvalue weighted by Crippen LogP contribution is 2.32. The predicted molar refractivity (Wildman–Crippen MR) is 119 cm³/mol. The largest absolute Gasteiger partial charge is 0.444 e. The average Bonchev–Trinajstić information content (AvgIpc) is 3.22. The minimum absolute atomic E-state index is 0.367. The Bertz CT molecular complexity index is 986. The summed E-state index contributed by atoms with van der Waals surface area (Å²) in [6, 6.07) is 2.00. The van der Waals surface area contributed by atoms with E-state index in [0.717, 1.165) is 65.7 Å². The van der Waals surface area contributed by atoms with Crippen LogP contribution in [0.25, 0.3) is 21.3 Å². The molecule has 158 valence electrons. The summed E-state index contributed by atoms with van der Waals surface area (Å²) in [6.07, 6.45) is 4.55. The van der Waals surface area contributed by atoms with E-state index >= 15 is 0 Å². The van der Waals surface area contributed by atoms with Crippen LogP contribution in [0.4, 0.5) is 10.6 Å². The highest BCUT2D eigenvalue weighted by Gasteiger charge is 2.18. The normalized spacial score (nSPS) is 12.0. The number of carbonyl (C=O) groups excluding carboxylic acids is 1. The van der Waals surface area contributed by atoms with Gasteiger partial charge >= 0.3 is 6.09 Å². The summed E-state index contributed by atoms with van der Waals surface area (Å²) >= 11 is 1.68. The van der Waals surface area contributed by atoms with Crippen LogP contribution < -0.4 is 11.1 Å². The summed E-state index contributed by atoms with van der Waals surface area (Å²) < 4.78 is 8.72. The van der Waals surface area contributed by atoms with E-state index in [1.807, 2.05) is 32.2 Å². The molecule has 1 amide bonds. The first-order valence-electron chi connectivity index (χ1n) is 10.3. The molecule has 3 heterocycles. The Morgan fingerprint density at radius 3 is 2.79 bits per heavy atom. The number of imidazole rings is 1. The molecule has 0 aliphatic carbocycles. The Morgan fingerprint density at radius 1 is 1.28 bits per heavy atom. The third kappa shape index (κ3) is 5.18. The fourth-order valence-corrected chi connectivity index (χ4v) is 4.21. The standard InChI is InChI=1S/C21H31N5O2S/c1-5-6-9-15-25-16-17(18-14(10-13-29-18)24-19(16)22)26(15)12-8-7-11-23-20(27)28-21(2,3)4/h10,13H,5-9,11-12H2,1-4H3,(H2,22,24)(H,23,27). The van der Waals surface area contributed by atoms with E-state index in [0.29, 0.717) is 12.4 Å². The molecule has 0 aliphatic rings. The lowest BCUT2D eigenvalue weighted by molar-refractivity contribution is 0.0527. The number of nitrogens with zero attached hydrogens (tertiary/aromatic N) is 3. The number of rotatable bonds is 8. The second-order valence-electron chi connectivity index (χ2n) is 8.25. The summed E-state index contributed by atoms with van der Waals surface area (Å²) in [4.78, 5) is 21.1. The maximum Gasteiger partial charge on any atom is 0.407 e. The van der Waals surface area contributed by atoms with E-state index in [1.165, 1.54) is 0 Å². The monoisotopic (exact) mass is 417 g/mol. The molecule has 0 saturated heterocycles. The minimum Gasteiger partial charge on any atom is -0.444 e. The Hall–Kier alpha value is -2.35. The van der Waals surface area contributed by atoms with Gasteiger partial charge in [-0.1, -0.05) is 13.3 Å². The molecule has 3 N–H and O–H groups in total. The highest BCUT2D eigenvalue weighted by molar-refractivity contribution is 7.18. The number of hydrogen-bond acceptors (Lipinski definition) is 6. The zero-order valence-corrected chi connectivity index (χ0v) is 18.6. The van der Waals surface area contributed by atoms with Crippen LogP contribution in [0.3, 0.4) is 0 Å². The number of carbonyl (C=O) groups is 1. The first-order chi connectivity index (χ1) is 13.8. The molecule has 0 bridgehead atoms. The molecule has 0 radical (unpaired) electrons. The molecule has 0 aromatic carbocycles. The molecule has 3 aromatic rings. The number of nitrogen functional groups attached to an aromatic ring is 1. The van der Waals surface area contributed by atoms with Crippen LogP contribution in [-0.4, -0.2) is 32.8 Å². The van der Waals surface area contributed by atoms with Gasteiger partial charge in [0.1, 0.15) is 16.9 Å². The number of fused-ring (bicyclic) bond motifs is 3. The van der Waals surface area contributed by atoms with Gasteiger partial charge in [0.25, 0.3) is 0 Å². The topological polar surface area (TPSA) is 95.1 Å². The number of amides is 1. The number of aryl methyl sites for hydroxylation is 2. The summed E-state index contributed by atoms with van der Waals surface area (Å²) in [6.45, 7) is 9.19. The lowest BCUT2D eigenvalue weighted by atomic mass is 10.2. The van der Waals surface area contributed by atoms with Gasteiger partial charge in [-0.2, -0.15) is 0 Å². The molecule has 3 rings (SSSR count). The van der Waals surface area contributed by atoms with Gasteiger partial charge in [0.05, 0.1) is 15.7 Å². The third-order valence-corrected chi connectivity index (χ3v) is 5.53. The van der Waals surface area contributed by atoms with Crippen molar-refractivity contribution in [1.29, 1.82) is 0 Å². The minimum atomic E-state index is -0.478. The fourth-order valence-electron chi connectivity index (χ4n) is 3.32. The second kappa shape index (κ2) is 8.98. The van der Waals surface area contributed by atoms with Gasteiger partial charge in [-0.05, 0) is 51.5 Å². The number of hydrogen-bond donors (Lipinski definition) is 2. The molecule has 0 saturated carbocycles. The molecule has 0 atom stereocenters. The molecule has 29 heavy (non-hydrogen) atoms. The molecule has 8 heteroatoms. The Kier molecular flexibility index (Phi) is 6.62. The quantitative estimate of drug-likeness (QED) is 0.510. The van der Waals surface area contributed by atoms with Gasteiger partial charge in [-0.15, -0.1) is 11.3 Å². The smallest absolute Gasteiger partial charge is 0.407 e. The van der Waals surface area contributed by atoms with Crippen LogP contribution in [0.1, 0.15) is 59.2 Å². The molecular formula is C21H31N5O2S. The summed E-state index contributed by atoms with van der Waals surface area (Å²) in [5.74, 6) is 1.56. The Morgan fingerprint density at radius 2 is 2.07 bits per heavy atom. The number of ether oxygens (including phenoxy) is 1. The van der Waals surface area contributed by atoms with Crippen molar-refractivity contribution >= 4 is 44.5 Å². The Balaban J connectivity index is 1.73. The number of nitrogens with two attached hydrogens (primary N) is 1. The highest BCUT2D eigenvalue weighted by atomic mass is 32.1. The third-order valence-electron chi connectivity index (χ3n) is 4.62. The zero-order valence-electron chi connectivity index (χ0n) is 17.7. The summed E-state index contributed by atoms with van der Waals surface area (Å²) in [7, 11) is 0. The molecule has 7 nitrogen and oxygen atoms in total. The van der Waals surface area contributed by atoms with Gasteiger partial charge in [-0.25, -0.2) is 14.8 Å². The van der Waals surface area contributed by atoms with Crippen LogP contribution in [0.2, 0.25) is 0 Å². The van der Waals surface area contributed by atoms with Crippen molar-refractivity contribution in [3.63, 3.8) is 0 Å². The summed E-state index contributed by atoms with van der Waals surface area (Å²) in [5, 5.41) is 4.87. The maximum atomic E-state index is 11.8. The van der Waals surface area contributed by atoms with Crippen molar-refractivity contribution in [1.82, 2.24) is 19.9 Å². The van der Waals surface area contributed by atoms with E-state index < -0.39 is 5.60 Å². The summed E-state index contributed by atoms with van der Waals surface area (Å²) in [5.41, 5.74) is 8.55. The van der Waals surface area contributed by atoms with Crippen molar-refractivity contribution in [2.24, 2.45) is 0 Å². The molecule has 0 unspecified atom stereocenters. The SMILES string of the molecule is CCCCc1nc2c(N)nc3ccsc3c2n1CCCCNC(=O)OC(C)(C)C. The number of unbranched alkanes of at least 4 members (excludes halogenated alkanes) is 2. The van der Waals surface area contributed by atoms with E-state index in [2.05, 4.69) is 21.8 Å². The first kappa shape index (κ1) is 21.4. The van der Waals surface area contributed by atoms with Gasteiger partial charge in [0.2, 0.25) is 0 Å². The first-order valence-corrected chi connectivity index (χ1v) is 11.2. The van der Waals surface area contributed by atoms with E-state index in [4.69, 9.17) is 15.5 Å². The number of anilines is 1. The number of alkyl carbamates (subject to hydrolysis) is 1. The molecule has 0 fully saturated rings. The van der Waals surface area contributed by atoms with Crippen LogP contribution >= 0.6 is 11.3 Å². The van der Waals surface area contributed by atoms with E-state index in [-0.39, 0.29) is 6.09 Å². The van der Waals surface area contributed by atoms with Gasteiger partial charge in [-0.3, -0.25) is 0 Å². The number of aromatic nitrogens is 3. The van der Waals surface area contributed by atoms with Gasteiger partial charge in [0, 0.05) is 19.5 Å². The number of thiophene rings is 1.